The van der Waals surface area contributed by atoms with Crippen LogP contribution in [0.15, 0.2) is 30.5 Å². The molecule has 2 aromatic rings. The summed E-state index contributed by atoms with van der Waals surface area (Å²) >= 11 is 6.07. The Labute approximate surface area is 183 Å². The van der Waals surface area contributed by atoms with Crippen LogP contribution in [0.25, 0.3) is 0 Å². The molecule has 1 amide bonds. The molecule has 0 aliphatic heterocycles. The fourth-order valence-electron chi connectivity index (χ4n) is 4.46. The van der Waals surface area contributed by atoms with E-state index in [1.54, 1.807) is 0 Å². The van der Waals surface area contributed by atoms with Crippen molar-refractivity contribution in [2.45, 2.75) is 44.7 Å². The van der Waals surface area contributed by atoms with Crippen molar-refractivity contribution in [1.82, 2.24) is 14.5 Å². The van der Waals surface area contributed by atoms with Gasteiger partial charge in [-0.1, -0.05) is 11.6 Å². The van der Waals surface area contributed by atoms with Crippen LogP contribution < -0.4 is 20.4 Å². The van der Waals surface area contributed by atoms with Crippen LogP contribution in [0.3, 0.4) is 0 Å². The van der Waals surface area contributed by atoms with E-state index in [0.29, 0.717) is 27.5 Å². The van der Waals surface area contributed by atoms with Crippen LogP contribution in [0.1, 0.15) is 31.2 Å². The van der Waals surface area contributed by atoms with Crippen LogP contribution in [0.4, 0.5) is 17.5 Å². The number of benzene rings is 1. The van der Waals surface area contributed by atoms with Crippen molar-refractivity contribution in [3.8, 4) is 0 Å². The van der Waals surface area contributed by atoms with Crippen LogP contribution in [0.2, 0.25) is 5.02 Å². The lowest BCUT2D eigenvalue weighted by Crippen LogP contribution is -2.58. The van der Waals surface area contributed by atoms with Gasteiger partial charge in [-0.15, -0.1) is 0 Å². The molecule has 1 heterocycles. The third kappa shape index (κ3) is 5.02. The highest BCUT2D eigenvalue weighted by Crippen LogP contribution is 2.34. The molecule has 1 aliphatic carbocycles. The number of carbonyl (C=O) groups excluding carboxylic acids is 1. The standard InChI is InChI=1S/C22H31ClN6O/c1-15-13-25-22(27-21(15)28(2)3)26-17-7-11-19(12-8-17)29(4,14-20(24)30)18-9-5-16(23)6-10-18/h5-6,9-10,13,17,19H,7-8,11-12,14H2,1-4H3,(H2-,24,25,26,27,30)/p+1/t17-,19+,29?. The van der Waals surface area contributed by atoms with Crippen LogP contribution in [-0.2, 0) is 4.79 Å². The zero-order valence-electron chi connectivity index (χ0n) is 18.2. The molecule has 1 saturated carbocycles. The summed E-state index contributed by atoms with van der Waals surface area (Å²) in [5.74, 6) is 1.30. The van der Waals surface area contributed by atoms with Crippen LogP contribution in [0, 0.1) is 6.92 Å². The Kier molecular flexibility index (Phi) is 6.83. The van der Waals surface area contributed by atoms with Crippen LogP contribution in [0.5, 0.6) is 0 Å². The minimum atomic E-state index is -0.294. The Morgan fingerprint density at radius 3 is 2.43 bits per heavy atom. The average molecular weight is 432 g/mol. The van der Waals surface area contributed by atoms with Gasteiger partial charge in [-0.3, -0.25) is 9.28 Å². The molecule has 0 radical (unpaired) electrons. The van der Waals surface area contributed by atoms with Gasteiger partial charge >= 0.3 is 0 Å². The number of aromatic nitrogens is 2. The van der Waals surface area contributed by atoms with Gasteiger partial charge in [0.15, 0.2) is 6.54 Å². The predicted molar refractivity (Wildman–Crippen MR) is 124 cm³/mol. The predicted octanol–water partition coefficient (Wildman–Crippen LogP) is 3.35. The first-order valence-corrected chi connectivity index (χ1v) is 10.7. The number of likely N-dealkylation sites (N-methyl/N-ethyl adjacent to an activating group) is 1. The molecule has 162 valence electrons. The number of nitrogens with one attached hydrogen (secondary N) is 1. The molecule has 0 spiro atoms. The number of primary amides is 1. The summed E-state index contributed by atoms with van der Waals surface area (Å²) in [7, 11) is 6.07. The lowest BCUT2D eigenvalue weighted by atomic mass is 9.88. The molecule has 1 aromatic heterocycles. The van der Waals surface area contributed by atoms with E-state index in [-0.39, 0.29) is 12.5 Å². The highest BCUT2D eigenvalue weighted by Gasteiger charge is 2.39. The Morgan fingerprint density at radius 2 is 1.87 bits per heavy atom. The lowest BCUT2D eigenvalue weighted by molar-refractivity contribution is -0.119. The normalized spacial score (nSPS) is 21.0. The van der Waals surface area contributed by atoms with Gasteiger partial charge in [-0.2, -0.15) is 4.98 Å². The average Bonchev–Trinajstić information content (AvgIpc) is 2.69. The van der Waals surface area contributed by atoms with Crippen molar-refractivity contribution >= 4 is 35.0 Å². The Hall–Kier alpha value is -2.38. The number of nitrogens with zero attached hydrogens (tertiary/aromatic N) is 4. The zero-order valence-corrected chi connectivity index (χ0v) is 19.0. The van der Waals surface area contributed by atoms with Gasteiger partial charge in [0.2, 0.25) is 5.95 Å². The summed E-state index contributed by atoms with van der Waals surface area (Å²) < 4.78 is 0.505. The molecule has 1 unspecified atom stereocenters. The number of halogens is 1. The fraction of sp³-hybridized carbons (Fsp3) is 0.500. The summed E-state index contributed by atoms with van der Waals surface area (Å²) in [6.07, 6.45) is 5.80. The van der Waals surface area contributed by atoms with Crippen molar-refractivity contribution in [3.63, 3.8) is 0 Å². The van der Waals surface area contributed by atoms with Gasteiger partial charge in [0, 0.05) is 61.9 Å². The molecule has 7 nitrogen and oxygen atoms in total. The number of anilines is 2. The first kappa shape index (κ1) is 22.3. The maximum atomic E-state index is 11.9. The van der Waals surface area contributed by atoms with E-state index in [1.165, 1.54) is 0 Å². The second-order valence-electron chi connectivity index (χ2n) is 8.61. The van der Waals surface area contributed by atoms with Gasteiger partial charge in [0.05, 0.1) is 13.1 Å². The molecule has 3 N–H and O–H groups in total. The molecule has 3 rings (SSSR count). The molecule has 30 heavy (non-hydrogen) atoms. The van der Waals surface area contributed by atoms with E-state index in [1.807, 2.05) is 56.4 Å². The molecule has 8 heteroatoms. The van der Waals surface area contributed by atoms with Crippen molar-refractivity contribution in [2.24, 2.45) is 5.73 Å². The smallest absolute Gasteiger partial charge is 0.273 e. The summed E-state index contributed by atoms with van der Waals surface area (Å²) in [6, 6.07) is 8.37. The highest BCUT2D eigenvalue weighted by atomic mass is 35.5. The van der Waals surface area contributed by atoms with Gasteiger partial charge in [-0.25, -0.2) is 4.98 Å². The summed E-state index contributed by atoms with van der Waals surface area (Å²) in [4.78, 5) is 23.0. The van der Waals surface area contributed by atoms with Crippen molar-refractivity contribution in [3.05, 3.63) is 41.0 Å². The van der Waals surface area contributed by atoms with E-state index < -0.39 is 0 Å². The molecule has 1 aromatic carbocycles. The zero-order chi connectivity index (χ0) is 21.9. The number of quaternary nitrogens is 1. The van der Waals surface area contributed by atoms with Crippen molar-refractivity contribution < 1.29 is 4.79 Å². The third-order valence-electron chi connectivity index (χ3n) is 6.11. The van der Waals surface area contributed by atoms with Crippen molar-refractivity contribution in [1.29, 1.82) is 0 Å². The van der Waals surface area contributed by atoms with E-state index in [2.05, 4.69) is 22.3 Å². The SMILES string of the molecule is Cc1cnc(N[C@H]2CC[C@@H]([N+](C)(CC(N)=O)c3ccc(Cl)cc3)CC2)nc1N(C)C. The van der Waals surface area contributed by atoms with E-state index in [9.17, 15) is 4.79 Å². The molecule has 0 saturated heterocycles. The number of hydrogen-bond donors (Lipinski definition) is 2. The summed E-state index contributed by atoms with van der Waals surface area (Å²) in [5, 5.41) is 4.19. The second kappa shape index (κ2) is 9.18. The third-order valence-corrected chi connectivity index (χ3v) is 6.36. The first-order chi connectivity index (χ1) is 14.2. The molecule has 1 atom stereocenters. The topological polar surface area (TPSA) is 84.1 Å². The quantitative estimate of drug-likeness (QED) is 0.657. The highest BCUT2D eigenvalue weighted by molar-refractivity contribution is 6.30. The summed E-state index contributed by atoms with van der Waals surface area (Å²) in [5.41, 5.74) is 7.73. The largest absolute Gasteiger partial charge is 0.365 e. The monoisotopic (exact) mass is 431 g/mol. The van der Waals surface area contributed by atoms with Gasteiger partial charge in [0.25, 0.3) is 5.91 Å². The minimum absolute atomic E-state index is 0.275. The van der Waals surface area contributed by atoms with Crippen molar-refractivity contribution in [2.75, 3.05) is 37.9 Å². The number of hydrogen-bond acceptors (Lipinski definition) is 5. The van der Waals surface area contributed by atoms with E-state index >= 15 is 0 Å². The van der Waals surface area contributed by atoms with E-state index in [0.717, 1.165) is 42.8 Å². The minimum Gasteiger partial charge on any atom is -0.365 e. The van der Waals surface area contributed by atoms with Gasteiger partial charge < -0.3 is 16.0 Å². The second-order valence-corrected chi connectivity index (χ2v) is 9.05. The van der Waals surface area contributed by atoms with Crippen LogP contribution in [-0.4, -0.2) is 55.6 Å². The molecule has 0 bridgehead atoms. The molecule has 1 fully saturated rings. The van der Waals surface area contributed by atoms with Crippen LogP contribution >= 0.6 is 11.6 Å². The maximum absolute atomic E-state index is 11.9. The Balaban J connectivity index is 1.70. The number of carbonyl (C=O) groups is 1. The maximum Gasteiger partial charge on any atom is 0.273 e. The molecular weight excluding hydrogens is 400 g/mol. The molecule has 1 aliphatic rings. The molecular formula is C22H32ClN6O+. The van der Waals surface area contributed by atoms with Gasteiger partial charge in [-0.05, 0) is 31.9 Å². The first-order valence-electron chi connectivity index (χ1n) is 10.4. The Bertz CT molecular complexity index is 880. The number of nitrogens with two attached hydrogens (primary N) is 1. The summed E-state index contributed by atoms with van der Waals surface area (Å²) in [6.45, 7) is 2.29. The van der Waals surface area contributed by atoms with Gasteiger partial charge in [0.1, 0.15) is 11.5 Å². The Morgan fingerprint density at radius 1 is 1.23 bits per heavy atom. The fourth-order valence-corrected chi connectivity index (χ4v) is 4.59. The number of amides is 1. The lowest BCUT2D eigenvalue weighted by Gasteiger charge is -2.43. The number of aryl methyl sites for hydroxylation is 1. The van der Waals surface area contributed by atoms with E-state index in [4.69, 9.17) is 17.3 Å². The number of rotatable bonds is 7.